The van der Waals surface area contributed by atoms with Gasteiger partial charge >= 0.3 is 6.03 Å². The Morgan fingerprint density at radius 2 is 1.61 bits per heavy atom. The van der Waals surface area contributed by atoms with Crippen LogP contribution in [0.2, 0.25) is 0 Å². The van der Waals surface area contributed by atoms with Crippen molar-refractivity contribution in [2.75, 3.05) is 30.3 Å². The van der Waals surface area contributed by atoms with Gasteiger partial charge in [-0.2, -0.15) is 0 Å². The molecule has 1 fully saturated rings. The molecule has 0 aromatic heterocycles. The van der Waals surface area contributed by atoms with Gasteiger partial charge in [0.25, 0.3) is 0 Å². The molecule has 0 radical (unpaired) electrons. The predicted octanol–water partition coefficient (Wildman–Crippen LogP) is 5.41. The number of nitrogens with one attached hydrogen (secondary N) is 2. The summed E-state index contributed by atoms with van der Waals surface area (Å²) in [7, 11) is 0. The van der Waals surface area contributed by atoms with Gasteiger partial charge in [0.05, 0.1) is 0 Å². The minimum Gasteiger partial charge on any atom is -0.366 e. The topological polar surface area (TPSA) is 87.5 Å². The minimum atomic E-state index is -0.356. The van der Waals surface area contributed by atoms with E-state index in [1.807, 2.05) is 48.5 Å². The quantitative estimate of drug-likeness (QED) is 0.439. The highest BCUT2D eigenvalue weighted by Gasteiger charge is 2.25. The van der Waals surface area contributed by atoms with Gasteiger partial charge in [-0.15, -0.1) is 0 Å². The maximum absolute atomic E-state index is 12.3. The molecule has 6 heteroatoms. The van der Waals surface area contributed by atoms with Gasteiger partial charge in [-0.3, -0.25) is 4.79 Å². The van der Waals surface area contributed by atoms with Crippen molar-refractivity contribution in [3.05, 3.63) is 95.1 Å². The van der Waals surface area contributed by atoms with Crippen LogP contribution in [-0.2, 0) is 12.8 Å². The van der Waals surface area contributed by atoms with Crippen LogP contribution in [0.15, 0.2) is 72.8 Å². The zero-order valence-corrected chi connectivity index (χ0v) is 20.6. The number of benzene rings is 3. The molecule has 1 unspecified atom stereocenters. The molecule has 0 saturated carbocycles. The van der Waals surface area contributed by atoms with E-state index in [2.05, 4.69) is 33.7 Å². The number of carbonyl (C=O) groups excluding carboxylic acids is 2. The number of anilines is 2. The Hall–Kier alpha value is -3.64. The van der Waals surface area contributed by atoms with Crippen LogP contribution in [0.4, 0.5) is 16.2 Å². The zero-order valence-electron chi connectivity index (χ0n) is 20.6. The Morgan fingerprint density at radius 1 is 0.833 bits per heavy atom. The Bertz CT molecular complexity index is 1220. The number of hydrogen-bond donors (Lipinski definition) is 3. The molecule has 4 N–H and O–H groups in total. The van der Waals surface area contributed by atoms with Gasteiger partial charge in [0.2, 0.25) is 5.91 Å². The Kier molecular flexibility index (Phi) is 7.33. The van der Waals surface area contributed by atoms with Gasteiger partial charge in [0.15, 0.2) is 0 Å². The summed E-state index contributed by atoms with van der Waals surface area (Å²) in [6.45, 7) is 3.31. The van der Waals surface area contributed by atoms with Crippen LogP contribution in [0, 0.1) is 5.92 Å². The standard InChI is InChI=1S/C30H34N4O2/c31-29(35)26-6-4-5-23(18-26)22-13-15-34(16-14-22)20-21-9-10-25-19-28(12-11-24(25)17-21)33-30(36)32-27-7-2-1-3-8-27/h1-8,11-12,18-19,21-22H,9-10,13-17,20H2,(H2,31,35)(H2,32,33,36). The number of nitrogens with two attached hydrogens (primary N) is 1. The number of urea groups is 1. The van der Waals surface area contributed by atoms with Crippen LogP contribution < -0.4 is 16.4 Å². The maximum Gasteiger partial charge on any atom is 0.323 e. The highest BCUT2D eigenvalue weighted by Crippen LogP contribution is 2.32. The fourth-order valence-electron chi connectivity index (χ4n) is 5.64. The van der Waals surface area contributed by atoms with Gasteiger partial charge in [0, 0.05) is 23.5 Å². The van der Waals surface area contributed by atoms with E-state index >= 15 is 0 Å². The molecule has 1 saturated heterocycles. The SMILES string of the molecule is NC(=O)c1cccc(C2CCN(CC3CCc4cc(NC(=O)Nc5ccccc5)ccc4C3)CC2)c1. The number of nitrogens with zero attached hydrogens (tertiary/aromatic N) is 1. The summed E-state index contributed by atoms with van der Waals surface area (Å²) < 4.78 is 0. The number of carbonyl (C=O) groups is 2. The number of hydrogen-bond acceptors (Lipinski definition) is 3. The van der Waals surface area contributed by atoms with Crippen molar-refractivity contribution in [3.63, 3.8) is 0 Å². The van der Waals surface area contributed by atoms with Crippen LogP contribution in [0.25, 0.3) is 0 Å². The van der Waals surface area contributed by atoms with Crippen molar-refractivity contribution >= 4 is 23.3 Å². The molecular weight excluding hydrogens is 448 g/mol. The normalized spacial score (nSPS) is 18.3. The second-order valence-corrected chi connectivity index (χ2v) is 10.1. The van der Waals surface area contributed by atoms with E-state index in [-0.39, 0.29) is 11.9 Å². The second kappa shape index (κ2) is 11.0. The number of amides is 3. The van der Waals surface area contributed by atoms with E-state index in [1.54, 1.807) is 6.07 Å². The van der Waals surface area contributed by atoms with Gasteiger partial charge in [0.1, 0.15) is 0 Å². The summed E-state index contributed by atoms with van der Waals surface area (Å²) in [4.78, 5) is 26.5. The van der Waals surface area contributed by atoms with E-state index in [9.17, 15) is 9.59 Å². The number of fused-ring (bicyclic) bond motifs is 1. The molecule has 3 aromatic rings. The lowest BCUT2D eigenvalue weighted by Gasteiger charge is -2.36. The Balaban J connectivity index is 1.11. The Labute approximate surface area is 212 Å². The van der Waals surface area contributed by atoms with E-state index in [0.717, 1.165) is 56.7 Å². The van der Waals surface area contributed by atoms with Crippen molar-refractivity contribution in [1.82, 2.24) is 4.90 Å². The molecule has 3 aromatic carbocycles. The van der Waals surface area contributed by atoms with Gasteiger partial charge in [-0.1, -0.05) is 36.4 Å². The molecule has 1 atom stereocenters. The molecule has 1 aliphatic carbocycles. The molecule has 1 heterocycles. The lowest BCUT2D eigenvalue weighted by atomic mass is 9.82. The number of rotatable bonds is 6. The Morgan fingerprint density at radius 3 is 2.39 bits per heavy atom. The fraction of sp³-hybridized carbons (Fsp3) is 0.333. The van der Waals surface area contributed by atoms with Gasteiger partial charge in [-0.05, 0) is 110 Å². The first-order chi connectivity index (χ1) is 17.5. The predicted molar refractivity (Wildman–Crippen MR) is 144 cm³/mol. The molecule has 2 aliphatic rings. The molecular formula is C30H34N4O2. The number of aryl methyl sites for hydroxylation is 1. The summed E-state index contributed by atoms with van der Waals surface area (Å²) >= 11 is 0. The number of likely N-dealkylation sites (tertiary alicyclic amines) is 1. The van der Waals surface area contributed by atoms with Crippen molar-refractivity contribution in [2.24, 2.45) is 11.7 Å². The first kappa shape index (κ1) is 24.1. The van der Waals surface area contributed by atoms with Crippen LogP contribution >= 0.6 is 0 Å². The molecule has 0 bridgehead atoms. The third kappa shape index (κ3) is 5.94. The lowest BCUT2D eigenvalue weighted by Crippen LogP contribution is -2.38. The molecule has 5 rings (SSSR count). The van der Waals surface area contributed by atoms with Crippen LogP contribution in [-0.4, -0.2) is 36.5 Å². The van der Waals surface area contributed by atoms with Crippen molar-refractivity contribution in [2.45, 2.75) is 38.0 Å². The van der Waals surface area contributed by atoms with Crippen LogP contribution in [0.5, 0.6) is 0 Å². The smallest absolute Gasteiger partial charge is 0.323 e. The monoisotopic (exact) mass is 482 g/mol. The molecule has 6 nitrogen and oxygen atoms in total. The summed E-state index contributed by atoms with van der Waals surface area (Å²) in [5.41, 5.74) is 11.7. The largest absolute Gasteiger partial charge is 0.366 e. The summed E-state index contributed by atoms with van der Waals surface area (Å²) in [5.74, 6) is 0.801. The average molecular weight is 483 g/mol. The number of para-hydroxylation sites is 1. The molecule has 1 aliphatic heterocycles. The van der Waals surface area contributed by atoms with Gasteiger partial charge < -0.3 is 21.3 Å². The first-order valence-electron chi connectivity index (χ1n) is 12.9. The van der Waals surface area contributed by atoms with E-state index in [4.69, 9.17) is 5.73 Å². The van der Waals surface area contributed by atoms with E-state index in [0.29, 0.717) is 17.4 Å². The fourth-order valence-corrected chi connectivity index (χ4v) is 5.64. The summed E-state index contributed by atoms with van der Waals surface area (Å²) in [5, 5.41) is 5.83. The molecule has 36 heavy (non-hydrogen) atoms. The summed E-state index contributed by atoms with van der Waals surface area (Å²) in [6.07, 6.45) is 5.54. The van der Waals surface area contributed by atoms with E-state index < -0.39 is 0 Å². The molecule has 186 valence electrons. The minimum absolute atomic E-state index is 0.223. The molecule has 0 spiro atoms. The van der Waals surface area contributed by atoms with Crippen LogP contribution in [0.3, 0.4) is 0 Å². The first-order valence-corrected chi connectivity index (χ1v) is 12.9. The highest BCUT2D eigenvalue weighted by atomic mass is 16.2. The number of primary amides is 1. The molecule has 3 amide bonds. The van der Waals surface area contributed by atoms with Crippen molar-refractivity contribution in [3.8, 4) is 0 Å². The zero-order chi connectivity index (χ0) is 24.9. The van der Waals surface area contributed by atoms with Crippen molar-refractivity contribution in [1.29, 1.82) is 0 Å². The third-order valence-electron chi connectivity index (χ3n) is 7.57. The van der Waals surface area contributed by atoms with Crippen LogP contribution in [0.1, 0.15) is 52.2 Å². The third-order valence-corrected chi connectivity index (χ3v) is 7.57. The lowest BCUT2D eigenvalue weighted by molar-refractivity contribution is 0.1000. The highest BCUT2D eigenvalue weighted by molar-refractivity contribution is 5.99. The van der Waals surface area contributed by atoms with Gasteiger partial charge in [-0.25, -0.2) is 4.79 Å². The van der Waals surface area contributed by atoms with Crippen molar-refractivity contribution < 1.29 is 9.59 Å². The average Bonchev–Trinajstić information content (AvgIpc) is 2.90. The number of piperidine rings is 1. The second-order valence-electron chi connectivity index (χ2n) is 10.1. The van der Waals surface area contributed by atoms with E-state index in [1.165, 1.54) is 23.1 Å². The summed E-state index contributed by atoms with van der Waals surface area (Å²) in [6, 6.07) is 23.4. The maximum atomic E-state index is 12.3.